The van der Waals surface area contributed by atoms with E-state index in [1.54, 1.807) is 4.68 Å². The van der Waals surface area contributed by atoms with Gasteiger partial charge in [0.1, 0.15) is 0 Å². The number of benzene rings is 2. The van der Waals surface area contributed by atoms with Crippen molar-refractivity contribution in [1.29, 1.82) is 0 Å². The van der Waals surface area contributed by atoms with Crippen molar-refractivity contribution in [3.63, 3.8) is 0 Å². The molecule has 0 aliphatic heterocycles. The first-order valence-corrected chi connectivity index (χ1v) is 9.82. The molecule has 0 saturated heterocycles. The number of hydrogen-bond donors (Lipinski definition) is 1. The number of carbonyl (C=O) groups excluding carboxylic acids is 1. The molecular weight excluding hydrogens is 358 g/mol. The average molecular weight is 382 g/mol. The van der Waals surface area contributed by atoms with Gasteiger partial charge < -0.3 is 5.32 Å². The molecule has 3 aromatic rings. The maximum absolute atomic E-state index is 12.5. The first-order chi connectivity index (χ1) is 13.0. The van der Waals surface area contributed by atoms with Crippen LogP contribution < -0.4 is 5.32 Å². The molecule has 140 valence electrons. The zero-order valence-corrected chi connectivity index (χ0v) is 16.7. The number of carbonyl (C=O) groups is 1. The Kier molecular flexibility index (Phi) is 5.91. The average Bonchev–Trinajstić information content (AvgIpc) is 3.10. The Morgan fingerprint density at radius 2 is 1.89 bits per heavy atom. The largest absolute Gasteiger partial charge is 0.325 e. The lowest BCUT2D eigenvalue weighted by molar-refractivity contribution is -0.113. The van der Waals surface area contributed by atoms with Crippen LogP contribution >= 0.6 is 11.8 Å². The summed E-state index contributed by atoms with van der Waals surface area (Å²) in [6, 6.07) is 14.0. The number of aryl methyl sites for hydroxylation is 2. The second kappa shape index (κ2) is 8.35. The number of aromatic nitrogens is 4. The fourth-order valence-corrected chi connectivity index (χ4v) is 3.46. The van der Waals surface area contributed by atoms with Crippen molar-refractivity contribution in [3.05, 3.63) is 59.2 Å². The van der Waals surface area contributed by atoms with Crippen LogP contribution in [0.15, 0.2) is 47.6 Å². The number of hydrogen-bond acceptors (Lipinski definition) is 5. The topological polar surface area (TPSA) is 72.7 Å². The molecule has 0 fully saturated rings. The Hall–Kier alpha value is -2.67. The molecule has 0 aliphatic rings. The third-order valence-corrected chi connectivity index (χ3v) is 5.16. The van der Waals surface area contributed by atoms with E-state index in [0.717, 1.165) is 22.5 Å². The minimum Gasteiger partial charge on any atom is -0.325 e. The molecule has 1 heterocycles. The molecule has 0 atom stereocenters. The smallest absolute Gasteiger partial charge is 0.234 e. The van der Waals surface area contributed by atoms with Gasteiger partial charge in [0, 0.05) is 5.69 Å². The fraction of sp³-hybridized carbons (Fsp3) is 0.300. The van der Waals surface area contributed by atoms with Crippen LogP contribution in [0.1, 0.15) is 36.5 Å². The molecule has 0 unspecified atom stereocenters. The van der Waals surface area contributed by atoms with Gasteiger partial charge >= 0.3 is 0 Å². The second-order valence-electron chi connectivity index (χ2n) is 6.74. The Morgan fingerprint density at radius 3 is 2.59 bits per heavy atom. The van der Waals surface area contributed by atoms with Gasteiger partial charge in [-0.2, -0.15) is 4.68 Å². The number of amides is 1. The SMILES string of the molecule is Cc1ccc(-n2nnnc2SCC(=O)Nc2c(C)cccc2C(C)C)cc1. The highest BCUT2D eigenvalue weighted by Gasteiger charge is 2.15. The van der Waals surface area contributed by atoms with E-state index in [2.05, 4.69) is 40.8 Å². The Labute approximate surface area is 163 Å². The Balaban J connectivity index is 1.70. The van der Waals surface area contributed by atoms with E-state index in [4.69, 9.17) is 0 Å². The van der Waals surface area contributed by atoms with Gasteiger partial charge in [0.2, 0.25) is 11.1 Å². The van der Waals surface area contributed by atoms with E-state index >= 15 is 0 Å². The standard InChI is InChI=1S/C20H23N5OS/c1-13(2)17-7-5-6-15(4)19(17)21-18(26)12-27-20-22-23-24-25(20)16-10-8-14(3)9-11-16/h5-11,13H,12H2,1-4H3,(H,21,26). The maximum atomic E-state index is 12.5. The van der Waals surface area contributed by atoms with Crippen LogP contribution in [-0.2, 0) is 4.79 Å². The number of nitrogens with zero attached hydrogens (tertiary/aromatic N) is 4. The molecule has 0 radical (unpaired) electrons. The van der Waals surface area contributed by atoms with Crippen LogP contribution in [0, 0.1) is 13.8 Å². The van der Waals surface area contributed by atoms with Crippen molar-refractivity contribution < 1.29 is 4.79 Å². The third-order valence-electron chi connectivity index (χ3n) is 4.24. The van der Waals surface area contributed by atoms with Crippen LogP contribution in [-0.4, -0.2) is 31.9 Å². The summed E-state index contributed by atoms with van der Waals surface area (Å²) in [5.74, 6) is 0.495. The van der Waals surface area contributed by atoms with Gasteiger partial charge in [-0.1, -0.05) is 61.5 Å². The van der Waals surface area contributed by atoms with Crippen LogP contribution in [0.3, 0.4) is 0 Å². The summed E-state index contributed by atoms with van der Waals surface area (Å²) in [4.78, 5) is 12.5. The highest BCUT2D eigenvalue weighted by molar-refractivity contribution is 7.99. The first-order valence-electron chi connectivity index (χ1n) is 8.83. The number of thioether (sulfide) groups is 1. The predicted octanol–water partition coefficient (Wildman–Crippen LogP) is 4.13. The van der Waals surface area contributed by atoms with Gasteiger partial charge in [0.25, 0.3) is 0 Å². The monoisotopic (exact) mass is 381 g/mol. The van der Waals surface area contributed by atoms with Crippen LogP contribution in [0.25, 0.3) is 5.69 Å². The van der Waals surface area contributed by atoms with E-state index in [-0.39, 0.29) is 11.7 Å². The van der Waals surface area contributed by atoms with Gasteiger partial charge in [0.05, 0.1) is 11.4 Å². The summed E-state index contributed by atoms with van der Waals surface area (Å²) in [6.07, 6.45) is 0. The number of rotatable bonds is 6. The highest BCUT2D eigenvalue weighted by atomic mass is 32.2. The molecule has 2 aromatic carbocycles. The highest BCUT2D eigenvalue weighted by Crippen LogP contribution is 2.28. The van der Waals surface area contributed by atoms with Crippen molar-refractivity contribution in [2.24, 2.45) is 0 Å². The van der Waals surface area contributed by atoms with Crippen molar-refractivity contribution in [3.8, 4) is 5.69 Å². The van der Waals surface area contributed by atoms with E-state index in [9.17, 15) is 4.79 Å². The number of nitrogens with one attached hydrogen (secondary N) is 1. The van der Waals surface area contributed by atoms with E-state index in [0.29, 0.717) is 11.1 Å². The summed E-state index contributed by atoms with van der Waals surface area (Å²) in [5, 5.41) is 15.5. The molecule has 1 N–H and O–H groups in total. The molecule has 0 spiro atoms. The van der Waals surface area contributed by atoms with Gasteiger partial charge in [0.15, 0.2) is 0 Å². The third kappa shape index (κ3) is 4.54. The van der Waals surface area contributed by atoms with Crippen molar-refractivity contribution in [2.75, 3.05) is 11.1 Å². The first kappa shape index (κ1) is 19.1. The molecule has 1 aromatic heterocycles. The van der Waals surface area contributed by atoms with E-state index < -0.39 is 0 Å². The molecule has 0 saturated carbocycles. The Morgan fingerprint density at radius 1 is 1.15 bits per heavy atom. The van der Waals surface area contributed by atoms with E-state index in [1.807, 2.05) is 50.2 Å². The molecule has 3 rings (SSSR count). The maximum Gasteiger partial charge on any atom is 0.234 e. The lowest BCUT2D eigenvalue weighted by Gasteiger charge is -2.16. The molecule has 7 heteroatoms. The van der Waals surface area contributed by atoms with Gasteiger partial charge in [-0.05, 0) is 53.5 Å². The summed E-state index contributed by atoms with van der Waals surface area (Å²) < 4.78 is 1.64. The molecule has 6 nitrogen and oxygen atoms in total. The normalized spacial score (nSPS) is 11.0. The summed E-state index contributed by atoms with van der Waals surface area (Å²) in [5.41, 5.74) is 5.13. The zero-order valence-electron chi connectivity index (χ0n) is 15.9. The number of para-hydroxylation sites is 1. The minimum absolute atomic E-state index is 0.0744. The molecule has 0 aliphatic carbocycles. The van der Waals surface area contributed by atoms with Crippen LogP contribution in [0.5, 0.6) is 0 Å². The lowest BCUT2D eigenvalue weighted by atomic mass is 9.98. The van der Waals surface area contributed by atoms with E-state index in [1.165, 1.54) is 17.3 Å². The number of tetrazole rings is 1. The predicted molar refractivity (Wildman–Crippen MR) is 109 cm³/mol. The van der Waals surface area contributed by atoms with Crippen LogP contribution in [0.2, 0.25) is 0 Å². The summed E-state index contributed by atoms with van der Waals surface area (Å²) >= 11 is 1.32. The van der Waals surface area contributed by atoms with Gasteiger partial charge in [-0.25, -0.2) is 0 Å². The lowest BCUT2D eigenvalue weighted by Crippen LogP contribution is -2.17. The fourth-order valence-electron chi connectivity index (χ4n) is 2.76. The molecule has 27 heavy (non-hydrogen) atoms. The van der Waals surface area contributed by atoms with Crippen molar-refractivity contribution >= 4 is 23.4 Å². The molecule has 0 bridgehead atoms. The van der Waals surface area contributed by atoms with Crippen LogP contribution in [0.4, 0.5) is 5.69 Å². The quantitative estimate of drug-likeness (QED) is 0.650. The molecular formula is C20H23N5OS. The summed E-state index contributed by atoms with van der Waals surface area (Å²) in [6.45, 7) is 8.27. The number of anilines is 1. The van der Waals surface area contributed by atoms with Gasteiger partial charge in [-0.3, -0.25) is 4.79 Å². The molecule has 1 amide bonds. The van der Waals surface area contributed by atoms with Crippen molar-refractivity contribution in [2.45, 2.75) is 38.8 Å². The Bertz CT molecular complexity index is 934. The minimum atomic E-state index is -0.0744. The van der Waals surface area contributed by atoms with Crippen molar-refractivity contribution in [1.82, 2.24) is 20.2 Å². The zero-order chi connectivity index (χ0) is 19.4. The summed E-state index contributed by atoms with van der Waals surface area (Å²) in [7, 11) is 0. The second-order valence-corrected chi connectivity index (χ2v) is 7.68. The van der Waals surface area contributed by atoms with Gasteiger partial charge in [-0.15, -0.1) is 5.10 Å².